The van der Waals surface area contributed by atoms with Gasteiger partial charge in [-0.2, -0.15) is 0 Å². The molecule has 1 heterocycles. The maximum Gasteiger partial charge on any atom is 0.295 e. The van der Waals surface area contributed by atoms with E-state index in [0.717, 1.165) is 32.4 Å². The molecule has 1 fully saturated rings. The van der Waals surface area contributed by atoms with Gasteiger partial charge in [-0.15, -0.1) is 0 Å². The van der Waals surface area contributed by atoms with Gasteiger partial charge in [0.15, 0.2) is 0 Å². The van der Waals surface area contributed by atoms with Crippen molar-refractivity contribution in [3.8, 4) is 0 Å². The van der Waals surface area contributed by atoms with E-state index in [0.29, 0.717) is 30.5 Å². The lowest BCUT2D eigenvalue weighted by Crippen LogP contribution is -2.32. The minimum atomic E-state index is -0.330. The Morgan fingerprint density at radius 3 is 2.90 bits per heavy atom. The zero-order chi connectivity index (χ0) is 15.1. The van der Waals surface area contributed by atoms with Gasteiger partial charge in [-0.25, -0.2) is 0 Å². The molecule has 2 rings (SSSR count). The third-order valence-electron chi connectivity index (χ3n) is 3.70. The first-order chi connectivity index (χ1) is 10.2. The van der Waals surface area contributed by atoms with Crippen molar-refractivity contribution in [2.45, 2.75) is 32.3 Å². The molecule has 0 radical (unpaired) electrons. The quantitative estimate of drug-likeness (QED) is 0.459. The Bertz CT molecular complexity index is 473. The third-order valence-corrected chi connectivity index (χ3v) is 3.70. The van der Waals surface area contributed by atoms with Gasteiger partial charge in [0.2, 0.25) is 0 Å². The molecule has 116 valence electrons. The fraction of sp³-hybridized carbons (Fsp3) is 0.600. The first-order valence-electron chi connectivity index (χ1n) is 7.48. The Labute approximate surface area is 125 Å². The lowest BCUT2D eigenvalue weighted by molar-refractivity contribution is -0.384. The minimum Gasteiger partial charge on any atom is -0.379 e. The van der Waals surface area contributed by atoms with Crippen molar-refractivity contribution in [1.29, 1.82) is 0 Å². The van der Waals surface area contributed by atoms with Crippen LogP contribution in [0.25, 0.3) is 0 Å². The van der Waals surface area contributed by atoms with E-state index in [4.69, 9.17) is 4.74 Å². The van der Waals surface area contributed by atoms with Gasteiger partial charge in [0.05, 0.1) is 11.0 Å². The minimum absolute atomic E-state index is 0.164. The number of nitro groups is 1. The fourth-order valence-electron chi connectivity index (χ4n) is 2.55. The molecule has 1 aliphatic rings. The van der Waals surface area contributed by atoms with E-state index in [9.17, 15) is 10.1 Å². The van der Waals surface area contributed by atoms with Crippen LogP contribution < -0.4 is 10.6 Å². The Hall–Kier alpha value is -1.66. The smallest absolute Gasteiger partial charge is 0.295 e. The average molecular weight is 293 g/mol. The molecule has 1 aromatic rings. The monoisotopic (exact) mass is 293 g/mol. The normalized spacial score (nSPS) is 15.9. The summed E-state index contributed by atoms with van der Waals surface area (Å²) in [5.74, 6) is 0. The van der Waals surface area contributed by atoms with Gasteiger partial charge in [0.25, 0.3) is 5.69 Å². The van der Waals surface area contributed by atoms with E-state index >= 15 is 0 Å². The molecule has 2 N–H and O–H groups in total. The zero-order valence-electron chi connectivity index (χ0n) is 12.4. The highest BCUT2D eigenvalue weighted by Crippen LogP contribution is 2.27. The summed E-state index contributed by atoms with van der Waals surface area (Å²) in [6, 6.07) is 5.33. The van der Waals surface area contributed by atoms with Crippen molar-refractivity contribution in [2.24, 2.45) is 0 Å². The van der Waals surface area contributed by atoms with Crippen LogP contribution in [0.5, 0.6) is 0 Å². The molecular weight excluding hydrogens is 270 g/mol. The van der Waals surface area contributed by atoms with Crippen LogP contribution in [0.4, 0.5) is 11.4 Å². The molecular formula is C15H23N3O3. The van der Waals surface area contributed by atoms with Crippen LogP contribution in [0.2, 0.25) is 0 Å². The van der Waals surface area contributed by atoms with E-state index < -0.39 is 0 Å². The Kier molecular flexibility index (Phi) is 5.95. The van der Waals surface area contributed by atoms with Crippen molar-refractivity contribution in [1.82, 2.24) is 5.32 Å². The summed E-state index contributed by atoms with van der Waals surface area (Å²) in [6.07, 6.45) is 3.34. The summed E-state index contributed by atoms with van der Waals surface area (Å²) in [5, 5.41) is 17.5. The molecule has 0 bridgehead atoms. The molecule has 0 aliphatic carbocycles. The molecule has 6 nitrogen and oxygen atoms in total. The molecule has 6 heteroatoms. The lowest BCUT2D eigenvalue weighted by Gasteiger charge is -2.22. The van der Waals surface area contributed by atoms with Gasteiger partial charge in [-0.1, -0.05) is 12.1 Å². The second-order valence-corrected chi connectivity index (χ2v) is 5.33. The highest BCUT2D eigenvalue weighted by molar-refractivity contribution is 5.64. The van der Waals surface area contributed by atoms with Crippen molar-refractivity contribution in [2.75, 3.05) is 31.6 Å². The predicted molar refractivity (Wildman–Crippen MR) is 82.8 cm³/mol. The fourth-order valence-corrected chi connectivity index (χ4v) is 2.55. The molecule has 0 saturated carbocycles. The van der Waals surface area contributed by atoms with Gasteiger partial charge in [0.1, 0.15) is 5.69 Å². The van der Waals surface area contributed by atoms with E-state index in [1.54, 1.807) is 19.1 Å². The second-order valence-electron chi connectivity index (χ2n) is 5.33. The number of rotatable bonds is 7. The van der Waals surface area contributed by atoms with E-state index in [1.807, 2.05) is 6.07 Å². The maximum absolute atomic E-state index is 11.1. The number of ether oxygens (including phenoxy) is 1. The molecule has 0 unspecified atom stereocenters. The largest absolute Gasteiger partial charge is 0.379 e. The van der Waals surface area contributed by atoms with Crippen LogP contribution in [0.1, 0.15) is 24.8 Å². The van der Waals surface area contributed by atoms with E-state index in [1.165, 1.54) is 0 Å². The Balaban J connectivity index is 1.73. The summed E-state index contributed by atoms with van der Waals surface area (Å²) in [7, 11) is 0. The number of piperidine rings is 1. The molecule has 0 spiro atoms. The molecule has 0 aromatic heterocycles. The first kappa shape index (κ1) is 15.7. The van der Waals surface area contributed by atoms with Gasteiger partial charge in [-0.05, 0) is 45.3 Å². The van der Waals surface area contributed by atoms with Crippen LogP contribution in [-0.2, 0) is 4.74 Å². The standard InChI is InChI=1S/C15H23N3O3/c1-12-4-2-5-14(15(12)18(19)20)17-8-3-11-21-13-6-9-16-10-7-13/h2,4-5,13,16-17H,3,6-11H2,1H3. The Morgan fingerprint density at radius 1 is 1.43 bits per heavy atom. The molecule has 0 atom stereocenters. The van der Waals surface area contributed by atoms with Crippen LogP contribution in [0, 0.1) is 17.0 Å². The molecule has 0 amide bonds. The van der Waals surface area contributed by atoms with Crippen LogP contribution in [0.3, 0.4) is 0 Å². The number of hydrogen-bond acceptors (Lipinski definition) is 5. The molecule has 1 saturated heterocycles. The molecule has 1 aromatic carbocycles. The summed E-state index contributed by atoms with van der Waals surface area (Å²) in [4.78, 5) is 10.7. The van der Waals surface area contributed by atoms with Crippen molar-refractivity contribution >= 4 is 11.4 Å². The topological polar surface area (TPSA) is 76.4 Å². The van der Waals surface area contributed by atoms with Crippen molar-refractivity contribution in [3.05, 3.63) is 33.9 Å². The van der Waals surface area contributed by atoms with Crippen molar-refractivity contribution < 1.29 is 9.66 Å². The Morgan fingerprint density at radius 2 is 2.19 bits per heavy atom. The summed E-state index contributed by atoms with van der Waals surface area (Å²) >= 11 is 0. The van der Waals surface area contributed by atoms with Gasteiger partial charge in [-0.3, -0.25) is 10.1 Å². The highest BCUT2D eigenvalue weighted by Gasteiger charge is 2.16. The third kappa shape index (κ3) is 4.68. The zero-order valence-corrected chi connectivity index (χ0v) is 12.4. The van der Waals surface area contributed by atoms with Gasteiger partial charge < -0.3 is 15.4 Å². The lowest BCUT2D eigenvalue weighted by atomic mass is 10.1. The number of nitrogens with one attached hydrogen (secondary N) is 2. The first-order valence-corrected chi connectivity index (χ1v) is 7.48. The van der Waals surface area contributed by atoms with Crippen LogP contribution in [-0.4, -0.2) is 37.3 Å². The van der Waals surface area contributed by atoms with Gasteiger partial charge >= 0.3 is 0 Å². The van der Waals surface area contributed by atoms with Crippen molar-refractivity contribution in [3.63, 3.8) is 0 Å². The summed E-state index contributed by atoms with van der Waals surface area (Å²) in [5.41, 5.74) is 1.43. The molecule has 1 aliphatic heterocycles. The number of nitro benzene ring substituents is 1. The number of benzene rings is 1. The number of anilines is 1. The average Bonchev–Trinajstić information content (AvgIpc) is 2.47. The SMILES string of the molecule is Cc1cccc(NCCCOC2CCNCC2)c1[N+](=O)[O-]. The number of hydrogen-bond donors (Lipinski definition) is 2. The van der Waals surface area contributed by atoms with Crippen LogP contribution >= 0.6 is 0 Å². The number of para-hydroxylation sites is 1. The predicted octanol–water partition coefficient (Wildman–Crippen LogP) is 2.47. The number of aryl methyl sites for hydroxylation is 1. The molecule has 21 heavy (non-hydrogen) atoms. The highest BCUT2D eigenvalue weighted by atomic mass is 16.6. The van der Waals surface area contributed by atoms with E-state index in [2.05, 4.69) is 10.6 Å². The van der Waals surface area contributed by atoms with E-state index in [-0.39, 0.29) is 10.6 Å². The van der Waals surface area contributed by atoms with Crippen LogP contribution in [0.15, 0.2) is 18.2 Å². The maximum atomic E-state index is 11.1. The second kappa shape index (κ2) is 7.95. The number of nitrogens with zero attached hydrogens (tertiary/aromatic N) is 1. The summed E-state index contributed by atoms with van der Waals surface area (Å²) in [6.45, 7) is 5.17. The van der Waals surface area contributed by atoms with Gasteiger partial charge in [0, 0.05) is 18.7 Å². The summed E-state index contributed by atoms with van der Waals surface area (Å²) < 4.78 is 5.81.